The molecule has 2 aromatic heterocycles. The summed E-state index contributed by atoms with van der Waals surface area (Å²) in [6, 6.07) is 68.8. The van der Waals surface area contributed by atoms with Crippen molar-refractivity contribution in [3.05, 3.63) is 217 Å². The van der Waals surface area contributed by atoms with Crippen molar-refractivity contribution in [2.24, 2.45) is 4.99 Å². The Morgan fingerprint density at radius 2 is 1.04 bits per heavy atom. The minimum atomic E-state index is -0.307. The Hall–Kier alpha value is -7.43. The zero-order chi connectivity index (χ0) is 37.0. The molecule has 4 heteroatoms. The zero-order valence-corrected chi connectivity index (χ0v) is 30.4. The second-order valence-electron chi connectivity index (χ2n) is 14.4. The van der Waals surface area contributed by atoms with Crippen molar-refractivity contribution in [2.75, 3.05) is 0 Å². The van der Waals surface area contributed by atoms with Crippen molar-refractivity contribution in [2.45, 2.75) is 6.17 Å². The van der Waals surface area contributed by atoms with E-state index in [0.717, 1.165) is 66.8 Å². The normalized spacial score (nSPS) is 14.2. The first kappa shape index (κ1) is 32.0. The number of hydrogen-bond acceptors (Lipinski definition) is 3. The number of rotatable bonds is 6. The molecule has 0 aliphatic carbocycles. The van der Waals surface area contributed by atoms with Gasteiger partial charge in [-0.15, -0.1) is 0 Å². The zero-order valence-electron chi connectivity index (χ0n) is 30.4. The number of allylic oxidation sites excluding steroid dienone is 1. The average Bonchev–Trinajstić information content (AvgIpc) is 3.81. The van der Waals surface area contributed by atoms with Crippen molar-refractivity contribution in [1.82, 2.24) is 9.88 Å². The second-order valence-corrected chi connectivity index (χ2v) is 14.4. The van der Waals surface area contributed by atoms with Crippen LogP contribution in [0.1, 0.15) is 22.9 Å². The number of nitrogens with zero attached hydrogens (tertiary/aromatic N) is 2. The number of furan rings is 1. The summed E-state index contributed by atoms with van der Waals surface area (Å²) in [5.74, 6) is 0. The van der Waals surface area contributed by atoms with E-state index < -0.39 is 0 Å². The van der Waals surface area contributed by atoms with E-state index in [4.69, 9.17) is 9.41 Å². The molecule has 0 radical (unpaired) electrons. The minimum absolute atomic E-state index is 0.307. The molecule has 0 spiro atoms. The standard InChI is InChI=1S/C52H35N3O/c1-4-13-34(14-5-1)37-19-12-20-39(29-37)47-33-46(36-17-8-3-9-18-36)53-52(54-47)40-23-26-43-42-21-10-11-22-48(42)55(49(43)31-40)41-25-28-51-45(32-41)44-30-38(24-27-50(44)56-51)35-15-6-2-7-16-35/h1-33,52-53H. The van der Waals surface area contributed by atoms with Gasteiger partial charge in [-0.1, -0.05) is 146 Å². The molecule has 0 saturated heterocycles. The van der Waals surface area contributed by atoms with Gasteiger partial charge in [0.2, 0.25) is 0 Å². The largest absolute Gasteiger partial charge is 0.456 e. The van der Waals surface area contributed by atoms with Crippen LogP contribution in [0.4, 0.5) is 0 Å². The summed E-state index contributed by atoms with van der Waals surface area (Å²) in [5.41, 5.74) is 15.1. The molecule has 264 valence electrons. The third kappa shape index (κ3) is 5.50. The maximum Gasteiger partial charge on any atom is 0.145 e. The fourth-order valence-electron chi connectivity index (χ4n) is 8.27. The molecule has 1 aliphatic heterocycles. The molecular weight excluding hydrogens is 683 g/mol. The van der Waals surface area contributed by atoms with E-state index >= 15 is 0 Å². The van der Waals surface area contributed by atoms with E-state index in [-0.39, 0.29) is 6.17 Å². The van der Waals surface area contributed by atoms with E-state index in [1.165, 1.54) is 33.0 Å². The maximum absolute atomic E-state index is 6.38. The van der Waals surface area contributed by atoms with Crippen LogP contribution >= 0.6 is 0 Å². The van der Waals surface area contributed by atoms with E-state index in [2.05, 4.69) is 210 Å². The predicted molar refractivity (Wildman–Crippen MR) is 232 cm³/mol. The summed E-state index contributed by atoms with van der Waals surface area (Å²) >= 11 is 0. The number of aliphatic imine (C=N–C) groups is 1. The van der Waals surface area contributed by atoms with Crippen LogP contribution in [0.15, 0.2) is 210 Å². The molecule has 56 heavy (non-hydrogen) atoms. The first-order valence-electron chi connectivity index (χ1n) is 19.1. The molecule has 8 aromatic carbocycles. The van der Waals surface area contributed by atoms with Gasteiger partial charge in [0.15, 0.2) is 0 Å². The molecule has 3 heterocycles. The number of para-hydroxylation sites is 1. The van der Waals surface area contributed by atoms with Gasteiger partial charge in [0.05, 0.1) is 16.7 Å². The van der Waals surface area contributed by atoms with Crippen molar-refractivity contribution < 1.29 is 4.42 Å². The summed E-state index contributed by atoms with van der Waals surface area (Å²) in [6.07, 6.45) is 1.87. The van der Waals surface area contributed by atoms with Gasteiger partial charge in [-0.3, -0.25) is 4.99 Å². The fourth-order valence-corrected chi connectivity index (χ4v) is 8.27. The molecule has 1 atom stereocenters. The van der Waals surface area contributed by atoms with Crippen LogP contribution in [0.2, 0.25) is 0 Å². The molecule has 0 bridgehead atoms. The Kier molecular flexibility index (Phi) is 7.52. The molecule has 4 nitrogen and oxygen atoms in total. The lowest BCUT2D eigenvalue weighted by Crippen LogP contribution is -2.24. The lowest BCUT2D eigenvalue weighted by Gasteiger charge is -2.25. The number of aromatic nitrogens is 1. The molecule has 0 fully saturated rings. The highest BCUT2D eigenvalue weighted by Crippen LogP contribution is 2.38. The van der Waals surface area contributed by atoms with Crippen LogP contribution in [0.5, 0.6) is 0 Å². The topological polar surface area (TPSA) is 42.5 Å². The molecule has 1 N–H and O–H groups in total. The predicted octanol–water partition coefficient (Wildman–Crippen LogP) is 13.1. The first-order chi connectivity index (χ1) is 27.7. The van der Waals surface area contributed by atoms with Crippen molar-refractivity contribution in [3.8, 4) is 27.9 Å². The number of hydrogen-bond donors (Lipinski definition) is 1. The fraction of sp³-hybridized carbons (Fsp3) is 0.0192. The van der Waals surface area contributed by atoms with Crippen LogP contribution < -0.4 is 5.32 Å². The Labute approximate surface area is 324 Å². The van der Waals surface area contributed by atoms with Gasteiger partial charge >= 0.3 is 0 Å². The van der Waals surface area contributed by atoms with Crippen LogP contribution in [-0.4, -0.2) is 10.3 Å². The Bertz CT molecular complexity index is 3150. The number of fused-ring (bicyclic) bond motifs is 6. The van der Waals surface area contributed by atoms with Gasteiger partial charge in [0.25, 0.3) is 0 Å². The lowest BCUT2D eigenvalue weighted by molar-refractivity contribution is 0.664. The molecule has 10 aromatic rings. The van der Waals surface area contributed by atoms with E-state index in [9.17, 15) is 0 Å². The smallest absolute Gasteiger partial charge is 0.145 e. The van der Waals surface area contributed by atoms with Gasteiger partial charge in [0.1, 0.15) is 17.3 Å². The van der Waals surface area contributed by atoms with Gasteiger partial charge < -0.3 is 14.3 Å². The molecule has 1 aliphatic rings. The van der Waals surface area contributed by atoms with Crippen molar-refractivity contribution >= 4 is 55.2 Å². The average molecular weight is 718 g/mol. The molecule has 11 rings (SSSR count). The third-order valence-corrected chi connectivity index (χ3v) is 11.0. The summed E-state index contributed by atoms with van der Waals surface area (Å²) in [5, 5.41) is 8.41. The van der Waals surface area contributed by atoms with Crippen molar-refractivity contribution in [1.29, 1.82) is 0 Å². The van der Waals surface area contributed by atoms with Gasteiger partial charge in [-0.25, -0.2) is 0 Å². The lowest BCUT2D eigenvalue weighted by atomic mass is 9.98. The van der Waals surface area contributed by atoms with E-state index in [0.29, 0.717) is 0 Å². The van der Waals surface area contributed by atoms with E-state index in [1.807, 2.05) is 0 Å². The second kappa shape index (κ2) is 13.2. The first-order valence-corrected chi connectivity index (χ1v) is 19.1. The minimum Gasteiger partial charge on any atom is -0.456 e. The molecule has 0 saturated carbocycles. The van der Waals surface area contributed by atoms with Gasteiger partial charge in [0, 0.05) is 38.5 Å². The molecule has 0 amide bonds. The Morgan fingerprint density at radius 3 is 1.80 bits per heavy atom. The van der Waals surface area contributed by atoms with E-state index in [1.54, 1.807) is 0 Å². The van der Waals surface area contributed by atoms with Crippen LogP contribution in [0.3, 0.4) is 0 Å². The Balaban J connectivity index is 1.06. The highest BCUT2D eigenvalue weighted by atomic mass is 16.3. The number of nitrogens with one attached hydrogen (secondary N) is 1. The Morgan fingerprint density at radius 1 is 0.429 bits per heavy atom. The highest BCUT2D eigenvalue weighted by molar-refractivity contribution is 6.14. The monoisotopic (exact) mass is 717 g/mol. The van der Waals surface area contributed by atoms with Crippen LogP contribution in [-0.2, 0) is 0 Å². The summed E-state index contributed by atoms with van der Waals surface area (Å²) in [4.78, 5) is 5.40. The summed E-state index contributed by atoms with van der Waals surface area (Å²) < 4.78 is 8.76. The van der Waals surface area contributed by atoms with Crippen molar-refractivity contribution in [3.63, 3.8) is 0 Å². The van der Waals surface area contributed by atoms with Crippen LogP contribution in [0.25, 0.3) is 77.4 Å². The van der Waals surface area contributed by atoms with Gasteiger partial charge in [-0.05, 0) is 88.0 Å². The summed E-state index contributed by atoms with van der Waals surface area (Å²) in [7, 11) is 0. The third-order valence-electron chi connectivity index (χ3n) is 11.0. The highest BCUT2D eigenvalue weighted by Gasteiger charge is 2.22. The SMILES string of the molecule is C1=C(c2ccccc2)NC(c2ccc3c4ccccc4n(-c4ccc5oc6ccc(-c7ccccc7)cc6c5c4)c3c2)N=C1c1cccc(-c2ccccc2)c1. The number of benzene rings is 8. The van der Waals surface area contributed by atoms with Crippen LogP contribution in [0, 0.1) is 0 Å². The quantitative estimate of drug-likeness (QED) is 0.186. The molecular formula is C52H35N3O. The molecule has 1 unspecified atom stereocenters. The van der Waals surface area contributed by atoms with Gasteiger partial charge in [-0.2, -0.15) is 0 Å². The maximum atomic E-state index is 6.38. The summed E-state index contributed by atoms with van der Waals surface area (Å²) in [6.45, 7) is 0.